The van der Waals surface area contributed by atoms with Gasteiger partial charge < -0.3 is 10.1 Å². The van der Waals surface area contributed by atoms with Crippen LogP contribution in [0.2, 0.25) is 0 Å². The number of halogens is 1. The quantitative estimate of drug-likeness (QED) is 0.789. The highest BCUT2D eigenvalue weighted by molar-refractivity contribution is 5.27. The van der Waals surface area contributed by atoms with Gasteiger partial charge in [-0.25, -0.2) is 4.39 Å². The van der Waals surface area contributed by atoms with Gasteiger partial charge in [-0.1, -0.05) is 24.6 Å². The number of rotatable bonds is 7. The molecule has 0 fully saturated rings. The van der Waals surface area contributed by atoms with Crippen molar-refractivity contribution in [3.8, 4) is 0 Å². The van der Waals surface area contributed by atoms with Crippen LogP contribution < -0.4 is 5.32 Å². The van der Waals surface area contributed by atoms with Gasteiger partial charge in [-0.05, 0) is 32.9 Å². The fourth-order valence-electron chi connectivity index (χ4n) is 1.74. The Morgan fingerprint density at radius 3 is 2.76 bits per heavy atom. The van der Waals surface area contributed by atoms with Gasteiger partial charge in [-0.15, -0.1) is 0 Å². The van der Waals surface area contributed by atoms with E-state index in [0.717, 1.165) is 18.5 Å². The van der Waals surface area contributed by atoms with Crippen molar-refractivity contribution in [3.63, 3.8) is 0 Å². The zero-order chi connectivity index (χ0) is 12.7. The van der Waals surface area contributed by atoms with Crippen molar-refractivity contribution in [1.29, 1.82) is 0 Å². The van der Waals surface area contributed by atoms with E-state index in [0.29, 0.717) is 18.8 Å². The Morgan fingerprint density at radius 2 is 2.12 bits per heavy atom. The second-order valence-electron chi connectivity index (χ2n) is 4.19. The summed E-state index contributed by atoms with van der Waals surface area (Å²) in [6.07, 6.45) is 1.02. The van der Waals surface area contributed by atoms with E-state index in [1.54, 1.807) is 6.07 Å². The number of ether oxygens (including phenoxy) is 1. The van der Waals surface area contributed by atoms with Gasteiger partial charge in [-0.3, -0.25) is 0 Å². The summed E-state index contributed by atoms with van der Waals surface area (Å²) in [5.74, 6) is -0.163. The fraction of sp³-hybridized carbons (Fsp3) is 0.571. The van der Waals surface area contributed by atoms with Gasteiger partial charge in [0.1, 0.15) is 5.82 Å². The number of benzene rings is 1. The lowest BCUT2D eigenvalue weighted by Crippen LogP contribution is -2.27. The fourth-order valence-corrected chi connectivity index (χ4v) is 1.74. The topological polar surface area (TPSA) is 21.3 Å². The van der Waals surface area contributed by atoms with Crippen LogP contribution in [0.3, 0.4) is 0 Å². The maximum atomic E-state index is 13.8. The standard InChI is InChI=1S/C14H22FNO/c1-4-8-16-14(10-17-5-2)12-9-11(3)6-7-13(12)15/h6-7,9,14,16H,4-5,8,10H2,1-3H3. The van der Waals surface area contributed by atoms with E-state index in [4.69, 9.17) is 4.74 Å². The average Bonchev–Trinajstić information content (AvgIpc) is 2.33. The highest BCUT2D eigenvalue weighted by Gasteiger charge is 2.15. The molecule has 1 aromatic rings. The van der Waals surface area contributed by atoms with Crippen LogP contribution in [0.1, 0.15) is 37.4 Å². The molecule has 1 rings (SSSR count). The molecule has 0 aliphatic carbocycles. The molecule has 1 atom stereocenters. The summed E-state index contributed by atoms with van der Waals surface area (Å²) in [6, 6.07) is 5.14. The van der Waals surface area contributed by atoms with Gasteiger partial charge in [0.05, 0.1) is 12.6 Å². The normalized spacial score (nSPS) is 12.7. The van der Waals surface area contributed by atoms with E-state index in [9.17, 15) is 4.39 Å². The molecule has 0 bridgehead atoms. The Hall–Kier alpha value is -0.930. The number of hydrogen-bond donors (Lipinski definition) is 1. The smallest absolute Gasteiger partial charge is 0.128 e. The number of aryl methyl sites for hydroxylation is 1. The van der Waals surface area contributed by atoms with Crippen molar-refractivity contribution in [2.75, 3.05) is 19.8 Å². The van der Waals surface area contributed by atoms with E-state index in [1.807, 2.05) is 19.9 Å². The molecule has 1 unspecified atom stereocenters. The van der Waals surface area contributed by atoms with E-state index in [2.05, 4.69) is 12.2 Å². The molecule has 0 saturated carbocycles. The summed E-state index contributed by atoms with van der Waals surface area (Å²) in [7, 11) is 0. The van der Waals surface area contributed by atoms with Gasteiger partial charge in [0.25, 0.3) is 0 Å². The Morgan fingerprint density at radius 1 is 1.35 bits per heavy atom. The minimum atomic E-state index is -0.163. The molecule has 1 N–H and O–H groups in total. The molecule has 96 valence electrons. The molecule has 0 radical (unpaired) electrons. The Kier molecular flexibility index (Phi) is 6.16. The van der Waals surface area contributed by atoms with Gasteiger partial charge in [0.15, 0.2) is 0 Å². The van der Waals surface area contributed by atoms with Crippen LogP contribution in [-0.2, 0) is 4.74 Å². The van der Waals surface area contributed by atoms with Crippen molar-refractivity contribution < 1.29 is 9.13 Å². The molecule has 2 nitrogen and oxygen atoms in total. The summed E-state index contributed by atoms with van der Waals surface area (Å²) in [5.41, 5.74) is 1.77. The lowest BCUT2D eigenvalue weighted by molar-refractivity contribution is 0.122. The zero-order valence-electron chi connectivity index (χ0n) is 10.9. The first kappa shape index (κ1) is 14.1. The maximum absolute atomic E-state index is 13.8. The van der Waals surface area contributed by atoms with Crippen LogP contribution in [0.4, 0.5) is 4.39 Å². The second-order valence-corrected chi connectivity index (χ2v) is 4.19. The monoisotopic (exact) mass is 239 g/mol. The molecular formula is C14H22FNO. The van der Waals surface area contributed by atoms with Crippen molar-refractivity contribution in [1.82, 2.24) is 5.32 Å². The molecular weight excluding hydrogens is 217 g/mol. The van der Waals surface area contributed by atoms with Crippen LogP contribution in [0, 0.1) is 12.7 Å². The van der Waals surface area contributed by atoms with Gasteiger partial charge in [0, 0.05) is 12.2 Å². The summed E-state index contributed by atoms with van der Waals surface area (Å²) in [6.45, 7) is 8.04. The minimum absolute atomic E-state index is 0.0604. The van der Waals surface area contributed by atoms with Crippen LogP contribution in [-0.4, -0.2) is 19.8 Å². The highest BCUT2D eigenvalue weighted by atomic mass is 19.1. The second kappa shape index (κ2) is 7.41. The first-order valence-corrected chi connectivity index (χ1v) is 6.26. The summed E-state index contributed by atoms with van der Waals surface area (Å²) >= 11 is 0. The summed E-state index contributed by atoms with van der Waals surface area (Å²) in [4.78, 5) is 0. The Balaban J connectivity index is 2.82. The molecule has 0 saturated heterocycles. The van der Waals surface area contributed by atoms with Crippen molar-refractivity contribution >= 4 is 0 Å². The number of nitrogens with one attached hydrogen (secondary N) is 1. The molecule has 0 aliphatic rings. The van der Waals surface area contributed by atoms with Crippen LogP contribution >= 0.6 is 0 Å². The van der Waals surface area contributed by atoms with E-state index in [1.165, 1.54) is 6.07 Å². The molecule has 0 aliphatic heterocycles. The van der Waals surface area contributed by atoms with Gasteiger partial charge in [0.2, 0.25) is 0 Å². The van der Waals surface area contributed by atoms with Crippen LogP contribution in [0.25, 0.3) is 0 Å². The first-order chi connectivity index (χ1) is 8.19. The Bertz CT molecular complexity index is 333. The molecule has 1 aromatic carbocycles. The average molecular weight is 239 g/mol. The van der Waals surface area contributed by atoms with Crippen LogP contribution in [0.15, 0.2) is 18.2 Å². The Labute approximate surface area is 103 Å². The predicted molar refractivity (Wildman–Crippen MR) is 68.7 cm³/mol. The van der Waals surface area contributed by atoms with Crippen molar-refractivity contribution in [2.45, 2.75) is 33.2 Å². The van der Waals surface area contributed by atoms with E-state index >= 15 is 0 Å². The summed E-state index contributed by atoms with van der Waals surface area (Å²) < 4.78 is 19.2. The summed E-state index contributed by atoms with van der Waals surface area (Å²) in [5, 5.41) is 3.32. The minimum Gasteiger partial charge on any atom is -0.380 e. The molecule has 0 heterocycles. The predicted octanol–water partition coefficient (Wildman–Crippen LogP) is 3.21. The molecule has 0 amide bonds. The van der Waals surface area contributed by atoms with Gasteiger partial charge in [-0.2, -0.15) is 0 Å². The first-order valence-electron chi connectivity index (χ1n) is 6.26. The third-order valence-corrected chi connectivity index (χ3v) is 2.66. The van der Waals surface area contributed by atoms with Crippen LogP contribution in [0.5, 0.6) is 0 Å². The third-order valence-electron chi connectivity index (χ3n) is 2.66. The van der Waals surface area contributed by atoms with E-state index < -0.39 is 0 Å². The van der Waals surface area contributed by atoms with Crippen molar-refractivity contribution in [3.05, 3.63) is 35.1 Å². The molecule has 0 aromatic heterocycles. The molecule has 3 heteroatoms. The zero-order valence-corrected chi connectivity index (χ0v) is 10.9. The molecule has 17 heavy (non-hydrogen) atoms. The lowest BCUT2D eigenvalue weighted by Gasteiger charge is -2.19. The number of hydrogen-bond acceptors (Lipinski definition) is 2. The highest BCUT2D eigenvalue weighted by Crippen LogP contribution is 2.19. The lowest BCUT2D eigenvalue weighted by atomic mass is 10.0. The molecule has 0 spiro atoms. The third kappa shape index (κ3) is 4.44. The maximum Gasteiger partial charge on any atom is 0.128 e. The van der Waals surface area contributed by atoms with Crippen molar-refractivity contribution in [2.24, 2.45) is 0 Å². The largest absolute Gasteiger partial charge is 0.380 e. The SMILES string of the molecule is CCCNC(COCC)c1cc(C)ccc1F. The van der Waals surface area contributed by atoms with Gasteiger partial charge >= 0.3 is 0 Å². The van der Waals surface area contributed by atoms with E-state index in [-0.39, 0.29) is 11.9 Å².